The van der Waals surface area contributed by atoms with Crippen molar-refractivity contribution in [3.8, 4) is 0 Å². The van der Waals surface area contributed by atoms with Crippen LogP contribution in [-0.2, 0) is 18.8 Å². The summed E-state index contributed by atoms with van der Waals surface area (Å²) in [6.07, 6.45) is 0. The second kappa shape index (κ2) is 7.55. The first-order chi connectivity index (χ1) is 12.1. The summed E-state index contributed by atoms with van der Waals surface area (Å²) in [5.41, 5.74) is 3.62. The Bertz CT molecular complexity index is 709. The monoisotopic (exact) mass is 359 g/mol. The molecule has 1 saturated heterocycles. The summed E-state index contributed by atoms with van der Waals surface area (Å²) in [7, 11) is 2.80. The van der Waals surface area contributed by atoms with Crippen LogP contribution in [0, 0.1) is 6.92 Å². The second-order valence-electron chi connectivity index (χ2n) is 7.74. The average molecular weight is 359 g/mol. The van der Waals surface area contributed by atoms with Crippen molar-refractivity contribution in [3.05, 3.63) is 28.8 Å². The fraction of sp³-hybridized carbons (Fsp3) is 0.550. The van der Waals surface area contributed by atoms with Gasteiger partial charge in [0.15, 0.2) is 0 Å². The molecule has 0 amide bonds. The molecular weight excluding hydrogens is 329 g/mol. The molecule has 1 aliphatic heterocycles. The quantitative estimate of drug-likeness (QED) is 0.442. The molecule has 142 valence electrons. The zero-order chi connectivity index (χ0) is 19.7. The first-order valence-corrected chi connectivity index (χ1v) is 8.78. The first-order valence-electron chi connectivity index (χ1n) is 8.78. The predicted octanol–water partition coefficient (Wildman–Crippen LogP) is 3.65. The molecule has 0 spiro atoms. The summed E-state index contributed by atoms with van der Waals surface area (Å²) < 4.78 is 23.4. The van der Waals surface area contributed by atoms with Gasteiger partial charge in [-0.2, -0.15) is 0 Å². The third kappa shape index (κ3) is 3.73. The van der Waals surface area contributed by atoms with Crippen molar-refractivity contribution in [1.82, 2.24) is 0 Å². The molecule has 0 atom stereocenters. The maximum absolute atomic E-state index is 6.23. The van der Waals surface area contributed by atoms with Crippen LogP contribution in [0.4, 0.5) is 5.69 Å². The Hall–Kier alpha value is -1.63. The molecule has 5 nitrogen and oxygen atoms in total. The number of hydrogen-bond donors (Lipinski definition) is 0. The standard InChI is InChI=1S/C20H30BNO4/c1-13-10-15(18(24-9)14(2)12-23-8)17(22-7)16(11-13)21-25-19(3,4)20(5,6)26-21/h10-11H,7,12H2,1-6,8-9H3/b18-14-. The lowest BCUT2D eigenvalue weighted by Crippen LogP contribution is -2.41. The highest BCUT2D eigenvalue weighted by molar-refractivity contribution is 6.64. The van der Waals surface area contributed by atoms with Gasteiger partial charge in [-0.1, -0.05) is 11.6 Å². The molecule has 2 rings (SSSR count). The minimum atomic E-state index is -0.514. The molecule has 1 fully saturated rings. The Morgan fingerprint density at radius 3 is 2.19 bits per heavy atom. The Morgan fingerprint density at radius 2 is 1.73 bits per heavy atom. The van der Waals surface area contributed by atoms with Gasteiger partial charge in [-0.25, -0.2) is 0 Å². The van der Waals surface area contributed by atoms with Gasteiger partial charge in [-0.05, 0) is 59.9 Å². The van der Waals surface area contributed by atoms with Gasteiger partial charge in [0.1, 0.15) is 5.76 Å². The normalized spacial score (nSPS) is 19.3. The van der Waals surface area contributed by atoms with E-state index in [1.807, 2.05) is 53.7 Å². The maximum Gasteiger partial charge on any atom is 0.497 e. The second-order valence-corrected chi connectivity index (χ2v) is 7.74. The van der Waals surface area contributed by atoms with E-state index in [1.165, 1.54) is 0 Å². The van der Waals surface area contributed by atoms with Crippen molar-refractivity contribution in [3.63, 3.8) is 0 Å². The van der Waals surface area contributed by atoms with Crippen LogP contribution in [0.25, 0.3) is 5.76 Å². The summed E-state index contributed by atoms with van der Waals surface area (Å²) >= 11 is 0. The number of benzene rings is 1. The summed E-state index contributed by atoms with van der Waals surface area (Å²) in [5.74, 6) is 0.732. The molecule has 6 heteroatoms. The molecule has 0 saturated carbocycles. The van der Waals surface area contributed by atoms with Gasteiger partial charge in [0.25, 0.3) is 0 Å². The number of aliphatic imine (C=N–C) groups is 1. The molecule has 0 aromatic heterocycles. The van der Waals surface area contributed by atoms with Gasteiger partial charge in [0.05, 0.1) is 30.6 Å². The van der Waals surface area contributed by atoms with Crippen LogP contribution in [0.5, 0.6) is 0 Å². The minimum absolute atomic E-state index is 0.425. The Morgan fingerprint density at radius 1 is 1.15 bits per heavy atom. The molecule has 1 aliphatic rings. The van der Waals surface area contributed by atoms with Crippen LogP contribution in [0.3, 0.4) is 0 Å². The van der Waals surface area contributed by atoms with Gasteiger partial charge in [-0.3, -0.25) is 4.99 Å². The van der Waals surface area contributed by atoms with Gasteiger partial charge < -0.3 is 18.8 Å². The molecule has 0 unspecified atom stereocenters. The number of nitrogens with zero attached hydrogens (tertiary/aromatic N) is 1. The van der Waals surface area contributed by atoms with E-state index >= 15 is 0 Å². The summed E-state index contributed by atoms with van der Waals surface area (Å²) in [5, 5.41) is 0. The number of methoxy groups -OCH3 is 2. The third-order valence-corrected chi connectivity index (χ3v) is 5.15. The highest BCUT2D eigenvalue weighted by atomic mass is 16.7. The number of hydrogen-bond acceptors (Lipinski definition) is 5. The van der Waals surface area contributed by atoms with Crippen LogP contribution in [0.1, 0.15) is 45.7 Å². The summed E-state index contributed by atoms with van der Waals surface area (Å²) in [4.78, 5) is 4.30. The van der Waals surface area contributed by atoms with Crippen LogP contribution in [0.2, 0.25) is 0 Å². The lowest BCUT2D eigenvalue weighted by molar-refractivity contribution is 0.00578. The highest BCUT2D eigenvalue weighted by Gasteiger charge is 2.52. The van der Waals surface area contributed by atoms with Crippen LogP contribution >= 0.6 is 0 Å². The highest BCUT2D eigenvalue weighted by Crippen LogP contribution is 2.38. The van der Waals surface area contributed by atoms with E-state index in [9.17, 15) is 0 Å². The number of ether oxygens (including phenoxy) is 2. The van der Waals surface area contributed by atoms with Gasteiger partial charge in [0, 0.05) is 18.1 Å². The molecule has 0 aliphatic carbocycles. The molecular formula is C20H30BNO4. The summed E-state index contributed by atoms with van der Waals surface area (Å²) in [6, 6.07) is 4.07. The zero-order valence-corrected chi connectivity index (χ0v) is 17.2. The fourth-order valence-corrected chi connectivity index (χ4v) is 3.10. The molecule has 1 heterocycles. The zero-order valence-electron chi connectivity index (χ0n) is 17.2. The van der Waals surface area contributed by atoms with Crippen LogP contribution in [-0.4, -0.2) is 45.9 Å². The first kappa shape index (κ1) is 20.7. The molecule has 26 heavy (non-hydrogen) atoms. The van der Waals surface area contributed by atoms with E-state index in [0.717, 1.165) is 27.9 Å². The van der Waals surface area contributed by atoms with E-state index in [2.05, 4.69) is 11.7 Å². The van der Waals surface area contributed by atoms with Gasteiger partial charge in [0.2, 0.25) is 0 Å². The average Bonchev–Trinajstić information content (AvgIpc) is 2.76. The van der Waals surface area contributed by atoms with Crippen molar-refractivity contribution < 1.29 is 18.8 Å². The molecule has 0 radical (unpaired) electrons. The van der Waals surface area contributed by atoms with Gasteiger partial charge >= 0.3 is 7.12 Å². The van der Waals surface area contributed by atoms with Crippen LogP contribution < -0.4 is 5.46 Å². The van der Waals surface area contributed by atoms with Crippen molar-refractivity contribution in [2.24, 2.45) is 4.99 Å². The van der Waals surface area contributed by atoms with E-state index in [1.54, 1.807) is 14.2 Å². The van der Waals surface area contributed by atoms with Crippen molar-refractivity contribution in [2.45, 2.75) is 52.7 Å². The Kier molecular flexibility index (Phi) is 6.00. The van der Waals surface area contributed by atoms with Crippen molar-refractivity contribution >= 4 is 30.7 Å². The Labute approximate surface area is 157 Å². The third-order valence-electron chi connectivity index (χ3n) is 5.15. The topological polar surface area (TPSA) is 49.3 Å². The van der Waals surface area contributed by atoms with Gasteiger partial charge in [-0.15, -0.1) is 0 Å². The SMILES string of the molecule is C=Nc1c(B2OC(C)(C)C(C)(C)O2)cc(C)cc1/C(OC)=C(\C)COC. The number of aryl methyl sites for hydroxylation is 1. The largest absolute Gasteiger partial charge is 0.497 e. The van der Waals surface area contributed by atoms with E-state index in [-0.39, 0.29) is 0 Å². The smallest absolute Gasteiger partial charge is 0.496 e. The Balaban J connectivity index is 2.62. The van der Waals surface area contributed by atoms with E-state index < -0.39 is 18.3 Å². The minimum Gasteiger partial charge on any atom is -0.496 e. The van der Waals surface area contributed by atoms with E-state index in [4.69, 9.17) is 18.8 Å². The molecule has 0 N–H and O–H groups in total. The van der Waals surface area contributed by atoms with Crippen molar-refractivity contribution in [1.29, 1.82) is 0 Å². The lowest BCUT2D eigenvalue weighted by atomic mass is 9.75. The van der Waals surface area contributed by atoms with E-state index in [0.29, 0.717) is 12.3 Å². The molecule has 0 bridgehead atoms. The number of rotatable bonds is 6. The lowest BCUT2D eigenvalue weighted by Gasteiger charge is -2.32. The van der Waals surface area contributed by atoms with Crippen molar-refractivity contribution in [2.75, 3.05) is 20.8 Å². The predicted molar refractivity (Wildman–Crippen MR) is 108 cm³/mol. The van der Waals surface area contributed by atoms with Crippen LogP contribution in [0.15, 0.2) is 22.7 Å². The molecule has 1 aromatic carbocycles. The fourth-order valence-electron chi connectivity index (χ4n) is 3.10. The molecule has 1 aromatic rings. The maximum atomic E-state index is 6.23. The summed E-state index contributed by atoms with van der Waals surface area (Å²) in [6.45, 7) is 16.4.